The fourth-order valence-electron chi connectivity index (χ4n) is 0.425. The fourth-order valence-corrected chi connectivity index (χ4v) is 0.425. The molecule has 13 heavy (non-hydrogen) atoms. The minimum atomic E-state index is -1.50. The van der Waals surface area contributed by atoms with E-state index < -0.39 is 12.0 Å². The third kappa shape index (κ3) is 33.7. The molecule has 0 heterocycles. The van der Waals surface area contributed by atoms with Gasteiger partial charge in [0.05, 0.1) is 0 Å². The van der Waals surface area contributed by atoms with Crippen LogP contribution in [0.5, 0.6) is 0 Å². The highest BCUT2D eigenvalue weighted by atomic mass is 19.1. The van der Waals surface area contributed by atoms with E-state index >= 15 is 0 Å². The molecule has 0 radical (unpaired) electrons. The lowest BCUT2D eigenvalue weighted by Gasteiger charge is -2.03. The molecule has 4 nitrogen and oxygen atoms in total. The number of hydrogen-bond acceptors (Lipinski definition) is 4. The maximum absolute atomic E-state index is 12.1. The van der Waals surface area contributed by atoms with Crippen molar-refractivity contribution in [3.05, 3.63) is 0 Å². The molecule has 0 spiro atoms. The normalized spacial score (nSPS) is 11.1. The predicted octanol–water partition coefficient (Wildman–Crippen LogP) is -0.204. The van der Waals surface area contributed by atoms with E-state index in [9.17, 15) is 4.39 Å². The van der Waals surface area contributed by atoms with Crippen molar-refractivity contribution in [2.24, 2.45) is 0 Å². The fraction of sp³-hybridized carbons (Fsp3) is 1.00. The zero-order valence-electron chi connectivity index (χ0n) is 8.07. The van der Waals surface area contributed by atoms with Gasteiger partial charge >= 0.3 is 0 Å². The second-order valence-corrected chi connectivity index (χ2v) is 3.12. The summed E-state index contributed by atoms with van der Waals surface area (Å²) in [6, 6.07) is 0. The van der Waals surface area contributed by atoms with Crippen molar-refractivity contribution in [2.45, 2.75) is 38.6 Å². The topological polar surface area (TPSA) is 80.9 Å². The Morgan fingerprint density at radius 3 is 1.46 bits per heavy atom. The van der Waals surface area contributed by atoms with Gasteiger partial charge in [-0.25, -0.2) is 4.39 Å². The monoisotopic (exact) mass is 198 g/mol. The van der Waals surface area contributed by atoms with Crippen LogP contribution in [0.4, 0.5) is 4.39 Å². The molecule has 0 rings (SSSR count). The highest BCUT2D eigenvalue weighted by Crippen LogP contribution is 2.00. The van der Waals surface area contributed by atoms with Crippen molar-refractivity contribution >= 4 is 0 Å². The smallest absolute Gasteiger partial charge is 0.156 e. The third-order valence-electron chi connectivity index (χ3n) is 0.885. The zero-order valence-corrected chi connectivity index (χ0v) is 8.07. The van der Waals surface area contributed by atoms with E-state index in [4.69, 9.17) is 20.4 Å². The van der Waals surface area contributed by atoms with Gasteiger partial charge in [0.25, 0.3) is 0 Å². The molecule has 0 fully saturated rings. The molecular weight excluding hydrogens is 179 g/mol. The van der Waals surface area contributed by atoms with Gasteiger partial charge in [-0.3, -0.25) is 0 Å². The summed E-state index contributed by atoms with van der Waals surface area (Å²) in [7, 11) is 0. The van der Waals surface area contributed by atoms with Gasteiger partial charge in [0, 0.05) is 26.1 Å². The van der Waals surface area contributed by atoms with Crippen LogP contribution >= 0.6 is 0 Å². The molecule has 0 bridgehead atoms. The van der Waals surface area contributed by atoms with E-state index in [1.54, 1.807) is 0 Å². The first-order chi connectivity index (χ1) is 5.81. The second-order valence-electron chi connectivity index (χ2n) is 3.12. The molecule has 0 aromatic carbocycles. The summed E-state index contributed by atoms with van der Waals surface area (Å²) >= 11 is 0. The number of hydrogen-bond donors (Lipinski definition) is 4. The van der Waals surface area contributed by atoms with Gasteiger partial charge in [-0.1, -0.05) is 0 Å². The Bertz CT molecular complexity index is 90.8. The zero-order chi connectivity index (χ0) is 10.9. The van der Waals surface area contributed by atoms with Crippen LogP contribution in [0.3, 0.4) is 0 Å². The third-order valence-corrected chi connectivity index (χ3v) is 0.885. The average Bonchev–Trinajstić information content (AvgIpc) is 1.84. The van der Waals surface area contributed by atoms with Gasteiger partial charge in [-0.2, -0.15) is 0 Å². The molecule has 5 heteroatoms. The lowest BCUT2D eigenvalue weighted by Crippen LogP contribution is -2.15. The molecule has 0 amide bonds. The standard InChI is InChI=1S/C5H11FO2.C3H8O2/c6-5(1-3-7)2-4-8;1-3(2,4)5/h5,7-8H,1-4H2;4-5H,1-2H3. The SMILES string of the molecule is CC(C)(O)O.OCCC(F)CCO. The Hall–Kier alpha value is -0.230. The Morgan fingerprint density at radius 1 is 1.08 bits per heavy atom. The molecule has 0 aliphatic rings. The lowest BCUT2D eigenvalue weighted by atomic mass is 10.2. The second kappa shape index (κ2) is 8.37. The molecule has 0 saturated carbocycles. The van der Waals surface area contributed by atoms with E-state index in [1.165, 1.54) is 13.8 Å². The predicted molar refractivity (Wildman–Crippen MR) is 46.8 cm³/mol. The van der Waals surface area contributed by atoms with Crippen LogP contribution in [0.2, 0.25) is 0 Å². The van der Waals surface area contributed by atoms with Gasteiger partial charge in [0.2, 0.25) is 0 Å². The maximum atomic E-state index is 12.1. The van der Waals surface area contributed by atoms with Crippen molar-refractivity contribution in [3.63, 3.8) is 0 Å². The molecule has 0 unspecified atom stereocenters. The first-order valence-electron chi connectivity index (χ1n) is 4.11. The van der Waals surface area contributed by atoms with E-state index in [0.29, 0.717) is 0 Å². The van der Waals surface area contributed by atoms with Crippen LogP contribution in [0.1, 0.15) is 26.7 Å². The van der Waals surface area contributed by atoms with Crippen LogP contribution < -0.4 is 0 Å². The van der Waals surface area contributed by atoms with E-state index in [2.05, 4.69) is 0 Å². The van der Waals surface area contributed by atoms with E-state index in [0.717, 1.165) is 0 Å². The number of halogens is 1. The van der Waals surface area contributed by atoms with Crippen molar-refractivity contribution in [1.82, 2.24) is 0 Å². The summed E-state index contributed by atoms with van der Waals surface area (Å²) in [5, 5.41) is 32.4. The minimum Gasteiger partial charge on any atom is -0.396 e. The number of rotatable bonds is 4. The summed E-state index contributed by atoms with van der Waals surface area (Å²) in [5.74, 6) is -1.50. The highest BCUT2D eigenvalue weighted by Gasteiger charge is 2.02. The van der Waals surface area contributed by atoms with Crippen LogP contribution in [-0.2, 0) is 0 Å². The molecule has 0 aliphatic heterocycles. The number of alkyl halides is 1. The molecule has 82 valence electrons. The van der Waals surface area contributed by atoms with Gasteiger partial charge in [0.1, 0.15) is 6.17 Å². The number of aliphatic hydroxyl groups is 4. The summed E-state index contributed by atoms with van der Waals surface area (Å²) in [5.41, 5.74) is 0. The van der Waals surface area contributed by atoms with Crippen LogP contribution in [-0.4, -0.2) is 45.6 Å². The van der Waals surface area contributed by atoms with Gasteiger partial charge in [-0.15, -0.1) is 0 Å². The van der Waals surface area contributed by atoms with Gasteiger partial charge in [0.15, 0.2) is 5.79 Å². The van der Waals surface area contributed by atoms with Crippen LogP contribution in [0.25, 0.3) is 0 Å². The molecule has 0 aromatic heterocycles. The molecule has 0 aliphatic carbocycles. The Morgan fingerprint density at radius 2 is 1.31 bits per heavy atom. The van der Waals surface area contributed by atoms with Crippen molar-refractivity contribution in [1.29, 1.82) is 0 Å². The van der Waals surface area contributed by atoms with E-state index in [1.807, 2.05) is 0 Å². The van der Waals surface area contributed by atoms with Gasteiger partial charge < -0.3 is 20.4 Å². The van der Waals surface area contributed by atoms with E-state index in [-0.39, 0.29) is 26.1 Å². The Balaban J connectivity index is 0. The molecule has 0 saturated heterocycles. The molecule has 0 atom stereocenters. The minimum absolute atomic E-state index is 0.138. The van der Waals surface area contributed by atoms with Crippen molar-refractivity contribution < 1.29 is 24.8 Å². The quantitative estimate of drug-likeness (QED) is 0.471. The van der Waals surface area contributed by atoms with Crippen molar-refractivity contribution in [3.8, 4) is 0 Å². The first kappa shape index (κ1) is 15.3. The molecular formula is C8H19FO4. The summed E-state index contributed by atoms with van der Waals surface area (Å²) < 4.78 is 12.1. The summed E-state index contributed by atoms with van der Waals surface area (Å²) in [4.78, 5) is 0. The molecule has 4 N–H and O–H groups in total. The largest absolute Gasteiger partial charge is 0.396 e. The average molecular weight is 198 g/mol. The van der Waals surface area contributed by atoms with Gasteiger partial charge in [-0.05, 0) is 13.8 Å². The first-order valence-corrected chi connectivity index (χ1v) is 4.11. The van der Waals surface area contributed by atoms with Crippen LogP contribution in [0.15, 0.2) is 0 Å². The Labute approximate surface area is 77.6 Å². The summed E-state index contributed by atoms with van der Waals surface area (Å²) in [6.07, 6.45) is -0.758. The summed E-state index contributed by atoms with van der Waals surface area (Å²) in [6.45, 7) is 2.32. The Kier molecular flexibility index (Phi) is 9.82. The maximum Gasteiger partial charge on any atom is 0.156 e. The number of aliphatic hydroxyl groups excluding tert-OH is 2. The lowest BCUT2D eigenvalue weighted by molar-refractivity contribution is -0.127. The highest BCUT2D eigenvalue weighted by molar-refractivity contribution is 4.52. The van der Waals surface area contributed by atoms with Crippen LogP contribution in [0, 0.1) is 0 Å². The van der Waals surface area contributed by atoms with Crippen molar-refractivity contribution in [2.75, 3.05) is 13.2 Å². The molecule has 0 aromatic rings.